The minimum atomic E-state index is -0.422. The number of rotatable bonds is 8. The van der Waals surface area contributed by atoms with E-state index in [0.29, 0.717) is 0 Å². The van der Waals surface area contributed by atoms with E-state index in [2.05, 4.69) is 22.9 Å². The third-order valence-electron chi connectivity index (χ3n) is 3.14. The van der Waals surface area contributed by atoms with Gasteiger partial charge in [-0.1, -0.05) is 61.0 Å². The highest BCUT2D eigenvalue weighted by Gasteiger charge is 2.13. The Hall–Kier alpha value is -0.540. The lowest BCUT2D eigenvalue weighted by atomic mass is 10.0. The molecule has 0 bridgehead atoms. The first-order chi connectivity index (χ1) is 8.69. The van der Waals surface area contributed by atoms with Crippen molar-refractivity contribution in [3.63, 3.8) is 0 Å². The summed E-state index contributed by atoms with van der Waals surface area (Å²) in [6.07, 6.45) is 6.46. The molecule has 0 radical (unpaired) electrons. The normalized spacial score (nSPS) is 12.4. The fourth-order valence-electron chi connectivity index (χ4n) is 2.06. The molecule has 1 unspecified atom stereocenters. The zero-order chi connectivity index (χ0) is 13.4. The number of hydrogen-bond donors (Lipinski definition) is 1. The van der Waals surface area contributed by atoms with Crippen LogP contribution in [0.3, 0.4) is 0 Å². The molecule has 1 N–H and O–H groups in total. The molecular formula is C15H23BrO2. The van der Waals surface area contributed by atoms with Crippen molar-refractivity contribution in [3.8, 4) is 5.75 Å². The predicted octanol–water partition coefficient (Wildman–Crippen LogP) is 4.85. The second kappa shape index (κ2) is 8.54. The summed E-state index contributed by atoms with van der Waals surface area (Å²) in [7, 11) is 1.64. The van der Waals surface area contributed by atoms with Gasteiger partial charge in [-0.25, -0.2) is 0 Å². The highest BCUT2D eigenvalue weighted by molar-refractivity contribution is 9.10. The number of hydrogen-bond acceptors (Lipinski definition) is 2. The van der Waals surface area contributed by atoms with Gasteiger partial charge in [0.1, 0.15) is 5.75 Å². The number of methoxy groups -OCH3 is 1. The summed E-state index contributed by atoms with van der Waals surface area (Å²) in [5.41, 5.74) is 0.885. The first-order valence-electron chi connectivity index (χ1n) is 6.70. The monoisotopic (exact) mass is 314 g/mol. The SMILES string of the molecule is CCCCCCCC(O)c1ccc(Br)cc1OC. The maximum atomic E-state index is 10.2. The third kappa shape index (κ3) is 4.99. The van der Waals surface area contributed by atoms with Crippen molar-refractivity contribution in [3.05, 3.63) is 28.2 Å². The van der Waals surface area contributed by atoms with E-state index in [1.165, 1.54) is 25.7 Å². The molecule has 1 rings (SSSR count). The van der Waals surface area contributed by atoms with Crippen LogP contribution in [0.5, 0.6) is 5.75 Å². The van der Waals surface area contributed by atoms with Gasteiger partial charge < -0.3 is 9.84 Å². The largest absolute Gasteiger partial charge is 0.496 e. The van der Waals surface area contributed by atoms with Crippen LogP contribution in [0.15, 0.2) is 22.7 Å². The Labute approximate surface area is 118 Å². The van der Waals surface area contributed by atoms with Crippen molar-refractivity contribution >= 4 is 15.9 Å². The average molecular weight is 315 g/mol. The molecule has 0 aromatic heterocycles. The van der Waals surface area contributed by atoms with Crippen LogP contribution in [0, 0.1) is 0 Å². The molecule has 0 aliphatic rings. The summed E-state index contributed by atoms with van der Waals surface area (Å²) in [5.74, 6) is 0.755. The van der Waals surface area contributed by atoms with Gasteiger partial charge >= 0.3 is 0 Å². The van der Waals surface area contributed by atoms with Gasteiger partial charge in [0.15, 0.2) is 0 Å². The van der Waals surface area contributed by atoms with Crippen molar-refractivity contribution in [2.24, 2.45) is 0 Å². The first kappa shape index (κ1) is 15.5. The quantitative estimate of drug-likeness (QED) is 0.695. The smallest absolute Gasteiger partial charge is 0.125 e. The molecule has 0 saturated carbocycles. The molecule has 1 aromatic carbocycles. The Bertz CT molecular complexity index is 352. The van der Waals surface area contributed by atoms with Crippen LogP contribution in [0.4, 0.5) is 0 Å². The highest BCUT2D eigenvalue weighted by Crippen LogP contribution is 2.31. The first-order valence-corrected chi connectivity index (χ1v) is 7.49. The maximum Gasteiger partial charge on any atom is 0.125 e. The van der Waals surface area contributed by atoms with Crippen molar-refractivity contribution in [2.75, 3.05) is 7.11 Å². The minimum absolute atomic E-state index is 0.422. The van der Waals surface area contributed by atoms with Gasteiger partial charge in [-0.2, -0.15) is 0 Å². The maximum absolute atomic E-state index is 10.2. The van der Waals surface area contributed by atoms with Gasteiger partial charge in [0, 0.05) is 10.0 Å². The predicted molar refractivity (Wildman–Crippen MR) is 79.0 cm³/mol. The van der Waals surface area contributed by atoms with E-state index in [1.54, 1.807) is 7.11 Å². The van der Waals surface area contributed by atoms with Crippen LogP contribution in [0.25, 0.3) is 0 Å². The zero-order valence-corrected chi connectivity index (χ0v) is 12.9. The van der Waals surface area contributed by atoms with Gasteiger partial charge in [0.2, 0.25) is 0 Å². The van der Waals surface area contributed by atoms with Crippen molar-refractivity contribution in [2.45, 2.75) is 51.6 Å². The van der Waals surface area contributed by atoms with Gasteiger partial charge in [-0.3, -0.25) is 0 Å². The number of aliphatic hydroxyl groups excluding tert-OH is 1. The van der Waals surface area contributed by atoms with Gasteiger partial charge in [0.25, 0.3) is 0 Å². The van der Waals surface area contributed by atoms with Gasteiger partial charge in [-0.15, -0.1) is 0 Å². The van der Waals surface area contributed by atoms with Crippen molar-refractivity contribution in [1.29, 1.82) is 0 Å². The lowest BCUT2D eigenvalue weighted by Crippen LogP contribution is -2.00. The molecule has 0 amide bonds. The van der Waals surface area contributed by atoms with Gasteiger partial charge in [0.05, 0.1) is 13.2 Å². The lowest BCUT2D eigenvalue weighted by Gasteiger charge is -2.15. The Morgan fingerprint density at radius 2 is 1.94 bits per heavy atom. The summed E-state index contributed by atoms with van der Waals surface area (Å²) in [6, 6.07) is 5.77. The van der Waals surface area contributed by atoms with Crippen molar-refractivity contribution in [1.82, 2.24) is 0 Å². The Morgan fingerprint density at radius 1 is 1.22 bits per heavy atom. The second-order valence-corrected chi connectivity index (χ2v) is 5.52. The van der Waals surface area contributed by atoms with Crippen LogP contribution in [0.1, 0.15) is 57.1 Å². The molecule has 0 saturated heterocycles. The molecule has 0 aliphatic heterocycles. The van der Waals surface area contributed by atoms with Gasteiger partial charge in [-0.05, 0) is 18.6 Å². The van der Waals surface area contributed by atoms with Crippen molar-refractivity contribution < 1.29 is 9.84 Å². The molecule has 0 heterocycles. The summed E-state index contributed by atoms with van der Waals surface area (Å²) in [6.45, 7) is 2.21. The topological polar surface area (TPSA) is 29.5 Å². The van der Waals surface area contributed by atoms with E-state index < -0.39 is 6.10 Å². The van der Waals surface area contributed by atoms with E-state index in [0.717, 1.165) is 28.6 Å². The lowest BCUT2D eigenvalue weighted by molar-refractivity contribution is 0.159. The number of unbranched alkanes of at least 4 members (excludes halogenated alkanes) is 4. The van der Waals surface area contributed by atoms with Crippen LogP contribution >= 0.6 is 15.9 Å². The van der Waals surface area contributed by atoms with E-state index in [9.17, 15) is 5.11 Å². The molecule has 3 heteroatoms. The van der Waals surface area contributed by atoms with Crippen LogP contribution < -0.4 is 4.74 Å². The van der Waals surface area contributed by atoms with E-state index in [4.69, 9.17) is 4.74 Å². The summed E-state index contributed by atoms with van der Waals surface area (Å²) in [5, 5.41) is 10.2. The Kier molecular flexibility index (Phi) is 7.36. The molecule has 102 valence electrons. The summed E-state index contributed by atoms with van der Waals surface area (Å²) < 4.78 is 6.27. The molecule has 1 aromatic rings. The standard InChI is InChI=1S/C15H23BrO2/c1-3-4-5-6-7-8-14(17)13-10-9-12(16)11-15(13)18-2/h9-11,14,17H,3-8H2,1-2H3. The number of ether oxygens (including phenoxy) is 1. The van der Waals surface area contributed by atoms with E-state index >= 15 is 0 Å². The molecule has 18 heavy (non-hydrogen) atoms. The summed E-state index contributed by atoms with van der Waals surface area (Å²) in [4.78, 5) is 0. The fourth-order valence-corrected chi connectivity index (χ4v) is 2.40. The van der Waals surface area contributed by atoms with Crippen LogP contribution in [0.2, 0.25) is 0 Å². The Morgan fingerprint density at radius 3 is 2.61 bits per heavy atom. The van der Waals surface area contributed by atoms with Crippen LogP contribution in [-0.4, -0.2) is 12.2 Å². The average Bonchev–Trinajstić information content (AvgIpc) is 2.38. The van der Waals surface area contributed by atoms with E-state index in [1.807, 2.05) is 18.2 Å². The molecule has 0 fully saturated rings. The second-order valence-electron chi connectivity index (χ2n) is 4.60. The Balaban J connectivity index is 2.48. The molecular weight excluding hydrogens is 292 g/mol. The summed E-state index contributed by atoms with van der Waals surface area (Å²) >= 11 is 3.41. The zero-order valence-electron chi connectivity index (χ0n) is 11.3. The number of benzene rings is 1. The minimum Gasteiger partial charge on any atom is -0.496 e. The number of aliphatic hydroxyl groups is 1. The molecule has 1 atom stereocenters. The van der Waals surface area contributed by atoms with Crippen LogP contribution in [-0.2, 0) is 0 Å². The third-order valence-corrected chi connectivity index (χ3v) is 3.63. The van der Waals surface area contributed by atoms with E-state index in [-0.39, 0.29) is 0 Å². The molecule has 2 nitrogen and oxygen atoms in total. The molecule has 0 aliphatic carbocycles. The fraction of sp³-hybridized carbons (Fsp3) is 0.600. The molecule has 0 spiro atoms. The highest BCUT2D eigenvalue weighted by atomic mass is 79.9. The number of halogens is 1.